The Bertz CT molecular complexity index is 643. The molecule has 2 rings (SSSR count). The average Bonchev–Trinajstić information content (AvgIpc) is 2.36. The van der Waals surface area contributed by atoms with Crippen molar-refractivity contribution in [3.05, 3.63) is 57.8 Å². The second-order valence-electron chi connectivity index (χ2n) is 4.05. The maximum atomic E-state index is 13.3. The van der Waals surface area contributed by atoms with Crippen LogP contribution in [0.2, 0.25) is 0 Å². The summed E-state index contributed by atoms with van der Waals surface area (Å²) in [4.78, 5) is 12.0. The van der Waals surface area contributed by atoms with Gasteiger partial charge in [0.2, 0.25) is 0 Å². The van der Waals surface area contributed by atoms with Crippen molar-refractivity contribution in [2.24, 2.45) is 0 Å². The zero-order chi connectivity index (χ0) is 14.0. The maximum absolute atomic E-state index is 13.3. The Kier molecular flexibility index (Phi) is 3.85. The number of para-hydroxylation sites is 1. The first-order valence-corrected chi connectivity index (χ1v) is 6.33. The van der Waals surface area contributed by atoms with Gasteiger partial charge in [0.15, 0.2) is 0 Å². The third-order valence-corrected chi connectivity index (χ3v) is 3.27. The SMILES string of the molecule is Cc1cc(F)c(Br)cc1NC(=O)c1ccccc1O. The second kappa shape index (κ2) is 5.40. The summed E-state index contributed by atoms with van der Waals surface area (Å²) in [5, 5.41) is 12.2. The van der Waals surface area contributed by atoms with Gasteiger partial charge in [-0.05, 0) is 52.7 Å². The Balaban J connectivity index is 2.30. The average molecular weight is 324 g/mol. The van der Waals surface area contributed by atoms with Gasteiger partial charge in [-0.2, -0.15) is 0 Å². The van der Waals surface area contributed by atoms with Crippen molar-refractivity contribution in [3.8, 4) is 5.75 Å². The third-order valence-electron chi connectivity index (χ3n) is 2.66. The largest absolute Gasteiger partial charge is 0.507 e. The van der Waals surface area contributed by atoms with Crippen LogP contribution in [0.1, 0.15) is 15.9 Å². The summed E-state index contributed by atoms with van der Waals surface area (Å²) < 4.78 is 13.6. The highest BCUT2D eigenvalue weighted by atomic mass is 79.9. The van der Waals surface area contributed by atoms with Gasteiger partial charge in [0.1, 0.15) is 11.6 Å². The first-order chi connectivity index (χ1) is 8.99. The molecule has 0 unspecified atom stereocenters. The molecule has 0 spiro atoms. The first-order valence-electron chi connectivity index (χ1n) is 5.54. The number of anilines is 1. The zero-order valence-electron chi connectivity index (χ0n) is 10.1. The minimum atomic E-state index is -0.445. The molecule has 0 saturated carbocycles. The van der Waals surface area contributed by atoms with Crippen LogP contribution in [-0.2, 0) is 0 Å². The van der Waals surface area contributed by atoms with Gasteiger partial charge in [0.05, 0.1) is 10.0 Å². The molecule has 0 fully saturated rings. The lowest BCUT2D eigenvalue weighted by Gasteiger charge is -2.10. The molecule has 0 aliphatic heterocycles. The van der Waals surface area contributed by atoms with Crippen LogP contribution < -0.4 is 5.32 Å². The highest BCUT2D eigenvalue weighted by Gasteiger charge is 2.13. The number of aryl methyl sites for hydroxylation is 1. The number of phenolic OH excluding ortho intramolecular Hbond substituents is 1. The standard InChI is InChI=1S/C14H11BrFNO2/c1-8-6-11(16)10(15)7-12(8)17-14(19)9-4-2-3-5-13(9)18/h2-7,18H,1H3,(H,17,19). The number of rotatable bonds is 2. The summed E-state index contributed by atoms with van der Waals surface area (Å²) in [6, 6.07) is 9.04. The first kappa shape index (κ1) is 13.5. The summed E-state index contributed by atoms with van der Waals surface area (Å²) in [7, 11) is 0. The Morgan fingerprint density at radius 1 is 1.32 bits per heavy atom. The number of nitrogens with one attached hydrogen (secondary N) is 1. The highest BCUT2D eigenvalue weighted by Crippen LogP contribution is 2.25. The fourth-order valence-electron chi connectivity index (χ4n) is 1.64. The molecule has 0 aliphatic rings. The van der Waals surface area contributed by atoms with Crippen molar-refractivity contribution in [3.63, 3.8) is 0 Å². The summed E-state index contributed by atoms with van der Waals surface area (Å²) in [6.07, 6.45) is 0. The summed E-state index contributed by atoms with van der Waals surface area (Å²) in [5.41, 5.74) is 1.26. The van der Waals surface area contributed by atoms with Crippen molar-refractivity contribution >= 4 is 27.5 Å². The van der Waals surface area contributed by atoms with Gasteiger partial charge in [-0.1, -0.05) is 12.1 Å². The Hall–Kier alpha value is -1.88. The normalized spacial score (nSPS) is 10.3. The molecule has 0 aromatic heterocycles. The van der Waals surface area contributed by atoms with Crippen LogP contribution in [0, 0.1) is 12.7 Å². The summed E-state index contributed by atoms with van der Waals surface area (Å²) >= 11 is 3.07. The molecule has 2 N–H and O–H groups in total. The second-order valence-corrected chi connectivity index (χ2v) is 4.91. The maximum Gasteiger partial charge on any atom is 0.259 e. The fraction of sp³-hybridized carbons (Fsp3) is 0.0714. The van der Waals surface area contributed by atoms with Gasteiger partial charge in [-0.15, -0.1) is 0 Å². The number of hydrogen-bond acceptors (Lipinski definition) is 2. The van der Waals surface area contributed by atoms with E-state index in [1.165, 1.54) is 24.3 Å². The molecule has 0 aliphatic carbocycles. The molecule has 98 valence electrons. The topological polar surface area (TPSA) is 49.3 Å². The molecule has 0 saturated heterocycles. The van der Waals surface area contributed by atoms with Crippen LogP contribution in [-0.4, -0.2) is 11.0 Å². The van der Waals surface area contributed by atoms with Crippen molar-refractivity contribution < 1.29 is 14.3 Å². The van der Waals surface area contributed by atoms with E-state index >= 15 is 0 Å². The van der Waals surface area contributed by atoms with E-state index in [9.17, 15) is 14.3 Å². The van der Waals surface area contributed by atoms with Gasteiger partial charge in [-0.3, -0.25) is 4.79 Å². The highest BCUT2D eigenvalue weighted by molar-refractivity contribution is 9.10. The van der Waals surface area contributed by atoms with E-state index in [1.807, 2.05) is 0 Å². The lowest BCUT2D eigenvalue weighted by atomic mass is 10.1. The lowest BCUT2D eigenvalue weighted by Crippen LogP contribution is -2.13. The number of carbonyl (C=O) groups is 1. The van der Waals surface area contributed by atoms with Gasteiger partial charge in [0, 0.05) is 5.69 Å². The molecule has 0 bridgehead atoms. The molecule has 0 heterocycles. The zero-order valence-corrected chi connectivity index (χ0v) is 11.7. The van der Waals surface area contributed by atoms with Gasteiger partial charge >= 0.3 is 0 Å². The van der Waals surface area contributed by atoms with Crippen molar-refractivity contribution in [1.29, 1.82) is 0 Å². The number of phenols is 1. The number of aromatic hydroxyl groups is 1. The molecule has 5 heteroatoms. The monoisotopic (exact) mass is 323 g/mol. The number of halogens is 2. The van der Waals surface area contributed by atoms with Crippen LogP contribution in [0.4, 0.5) is 10.1 Å². The van der Waals surface area contributed by atoms with Crippen LogP contribution in [0.5, 0.6) is 5.75 Å². The van der Waals surface area contributed by atoms with E-state index in [2.05, 4.69) is 21.2 Å². The third kappa shape index (κ3) is 2.93. The summed E-state index contributed by atoms with van der Waals surface area (Å²) in [5.74, 6) is -0.934. The van der Waals surface area contributed by atoms with Crippen molar-refractivity contribution in [2.75, 3.05) is 5.32 Å². The molecule has 3 nitrogen and oxygen atoms in total. The van der Waals surface area contributed by atoms with Crippen LogP contribution in [0.15, 0.2) is 40.9 Å². The van der Waals surface area contributed by atoms with Crippen LogP contribution in [0.3, 0.4) is 0 Å². The van der Waals surface area contributed by atoms with Gasteiger partial charge in [0.25, 0.3) is 5.91 Å². The minimum absolute atomic E-state index is 0.0983. The molecule has 0 radical (unpaired) electrons. The molecular weight excluding hydrogens is 313 g/mol. The smallest absolute Gasteiger partial charge is 0.259 e. The fourth-order valence-corrected chi connectivity index (χ4v) is 1.98. The van der Waals surface area contributed by atoms with Crippen LogP contribution >= 0.6 is 15.9 Å². The predicted molar refractivity (Wildman–Crippen MR) is 74.9 cm³/mol. The van der Waals surface area contributed by atoms with E-state index in [1.54, 1.807) is 19.1 Å². The van der Waals surface area contributed by atoms with E-state index < -0.39 is 11.7 Å². The minimum Gasteiger partial charge on any atom is -0.507 e. The molecule has 2 aromatic carbocycles. The number of carbonyl (C=O) groups excluding carboxylic acids is 1. The predicted octanol–water partition coefficient (Wildman–Crippen LogP) is 3.85. The number of hydrogen-bond donors (Lipinski definition) is 2. The molecule has 19 heavy (non-hydrogen) atoms. The Labute approximate surface area is 118 Å². The quantitative estimate of drug-likeness (QED) is 0.881. The molecule has 2 aromatic rings. The lowest BCUT2D eigenvalue weighted by molar-refractivity contribution is 0.102. The molecular formula is C14H11BrFNO2. The molecule has 1 amide bonds. The van der Waals surface area contributed by atoms with Crippen molar-refractivity contribution in [2.45, 2.75) is 6.92 Å². The van der Waals surface area contributed by atoms with Gasteiger partial charge in [-0.25, -0.2) is 4.39 Å². The Morgan fingerprint density at radius 3 is 2.68 bits per heavy atom. The van der Waals surface area contributed by atoms with E-state index in [4.69, 9.17) is 0 Å². The van der Waals surface area contributed by atoms with E-state index in [0.29, 0.717) is 11.3 Å². The Morgan fingerprint density at radius 2 is 2.00 bits per heavy atom. The van der Waals surface area contributed by atoms with E-state index in [-0.39, 0.29) is 15.8 Å². The number of amides is 1. The summed E-state index contributed by atoms with van der Waals surface area (Å²) in [6.45, 7) is 1.69. The van der Waals surface area contributed by atoms with E-state index in [0.717, 1.165) is 0 Å². The van der Waals surface area contributed by atoms with Crippen LogP contribution in [0.25, 0.3) is 0 Å². The molecule has 0 atom stereocenters. The van der Waals surface area contributed by atoms with Crippen molar-refractivity contribution in [1.82, 2.24) is 0 Å². The number of benzene rings is 2. The van der Waals surface area contributed by atoms with Gasteiger partial charge < -0.3 is 10.4 Å².